The number of anilines is 1. The average Bonchev–Trinajstić information content (AvgIpc) is 3.47. The van der Waals surface area contributed by atoms with Crippen LogP contribution in [-0.2, 0) is 12.5 Å². The highest BCUT2D eigenvalue weighted by atomic mass is 35.5. The average molecular weight is 515 g/mol. The molecule has 1 saturated heterocycles. The van der Waals surface area contributed by atoms with Gasteiger partial charge in [-0.05, 0) is 36.6 Å². The van der Waals surface area contributed by atoms with Crippen LogP contribution in [0, 0.1) is 0 Å². The van der Waals surface area contributed by atoms with Gasteiger partial charge in [0.15, 0.2) is 0 Å². The van der Waals surface area contributed by atoms with Crippen LogP contribution in [0.1, 0.15) is 37.1 Å². The van der Waals surface area contributed by atoms with Crippen molar-refractivity contribution in [2.45, 2.75) is 37.2 Å². The molecule has 170 valence electrons. The molecule has 0 radical (unpaired) electrons. The number of hydrogen-bond acceptors (Lipinski definition) is 5. The Labute approximate surface area is 208 Å². The fourth-order valence-electron chi connectivity index (χ4n) is 4.37. The van der Waals surface area contributed by atoms with E-state index < -0.39 is 0 Å². The van der Waals surface area contributed by atoms with Gasteiger partial charge in [-0.2, -0.15) is 0 Å². The summed E-state index contributed by atoms with van der Waals surface area (Å²) >= 11 is 18.2. The van der Waals surface area contributed by atoms with Gasteiger partial charge in [-0.1, -0.05) is 46.9 Å². The highest BCUT2D eigenvalue weighted by Crippen LogP contribution is 2.53. The van der Waals surface area contributed by atoms with E-state index in [0.29, 0.717) is 15.9 Å². The smallest absolute Gasteiger partial charge is 0.232 e. The molecule has 3 aromatic rings. The van der Waals surface area contributed by atoms with Crippen molar-refractivity contribution in [2.75, 3.05) is 18.0 Å². The Kier molecular flexibility index (Phi) is 6.78. The largest absolute Gasteiger partial charge is 0.473 e. The SMILES string of the molecule is Cl.Cn1c(N2CCC(Oc3ncc(Cl)cc3Cl)CC2)nnc1C1(c2ccc(Cl)cc2)CC1. The Morgan fingerprint density at radius 3 is 2.31 bits per heavy atom. The van der Waals surface area contributed by atoms with Crippen LogP contribution >= 0.6 is 47.2 Å². The van der Waals surface area contributed by atoms with E-state index in [2.05, 4.69) is 43.8 Å². The van der Waals surface area contributed by atoms with Gasteiger partial charge in [0.05, 0.1) is 10.4 Å². The standard InChI is InChI=1S/C22H22Cl3N5O.ClH/c1-29-20(22(8-9-22)14-2-4-15(23)5-3-14)27-28-21(29)30-10-6-17(7-11-30)31-19-18(25)12-16(24)13-26-19;/h2-5,12-13,17H,6-11H2,1H3;1H. The molecule has 32 heavy (non-hydrogen) atoms. The summed E-state index contributed by atoms with van der Waals surface area (Å²) < 4.78 is 8.15. The lowest BCUT2D eigenvalue weighted by Gasteiger charge is -2.32. The molecule has 0 amide bonds. The van der Waals surface area contributed by atoms with E-state index in [-0.39, 0.29) is 23.9 Å². The minimum atomic E-state index is -0.0526. The summed E-state index contributed by atoms with van der Waals surface area (Å²) in [6.45, 7) is 1.66. The van der Waals surface area contributed by atoms with Crippen LogP contribution in [0.3, 0.4) is 0 Å². The molecule has 1 aliphatic carbocycles. The van der Waals surface area contributed by atoms with Gasteiger partial charge in [-0.25, -0.2) is 4.98 Å². The minimum Gasteiger partial charge on any atom is -0.473 e. The molecule has 0 atom stereocenters. The van der Waals surface area contributed by atoms with Crippen LogP contribution in [0.4, 0.5) is 5.95 Å². The van der Waals surface area contributed by atoms with Crippen molar-refractivity contribution in [1.29, 1.82) is 0 Å². The molecule has 0 bridgehead atoms. The molecule has 5 rings (SSSR count). The Balaban J connectivity index is 0.00000245. The quantitative estimate of drug-likeness (QED) is 0.435. The Bertz CT molecular complexity index is 1090. The number of nitrogens with zero attached hydrogens (tertiary/aromatic N) is 5. The molecule has 0 N–H and O–H groups in total. The first-order valence-corrected chi connectivity index (χ1v) is 11.5. The second-order valence-electron chi connectivity index (χ2n) is 8.22. The zero-order valence-corrected chi connectivity index (χ0v) is 20.6. The summed E-state index contributed by atoms with van der Waals surface area (Å²) in [6, 6.07) is 9.74. The number of pyridine rings is 1. The first-order chi connectivity index (χ1) is 15.0. The molecule has 1 aromatic carbocycles. The number of rotatable bonds is 5. The third-order valence-corrected chi connectivity index (χ3v) is 6.93. The van der Waals surface area contributed by atoms with Crippen molar-refractivity contribution in [3.8, 4) is 5.88 Å². The zero-order chi connectivity index (χ0) is 21.6. The van der Waals surface area contributed by atoms with Gasteiger partial charge < -0.3 is 9.64 Å². The Morgan fingerprint density at radius 2 is 1.69 bits per heavy atom. The van der Waals surface area contributed by atoms with Gasteiger partial charge >= 0.3 is 0 Å². The van der Waals surface area contributed by atoms with Gasteiger partial charge in [-0.3, -0.25) is 4.57 Å². The van der Waals surface area contributed by atoms with Crippen molar-refractivity contribution < 1.29 is 4.74 Å². The number of aromatic nitrogens is 4. The van der Waals surface area contributed by atoms with Crippen LogP contribution in [0.5, 0.6) is 5.88 Å². The number of ether oxygens (including phenoxy) is 1. The lowest BCUT2D eigenvalue weighted by atomic mass is 9.95. The fourth-order valence-corrected chi connectivity index (χ4v) is 4.92. The van der Waals surface area contributed by atoms with Crippen molar-refractivity contribution in [3.63, 3.8) is 0 Å². The van der Waals surface area contributed by atoms with E-state index in [0.717, 1.165) is 55.6 Å². The molecular weight excluding hydrogens is 492 g/mol. The van der Waals surface area contributed by atoms with E-state index >= 15 is 0 Å². The van der Waals surface area contributed by atoms with E-state index in [4.69, 9.17) is 39.5 Å². The fraction of sp³-hybridized carbons (Fsp3) is 0.409. The van der Waals surface area contributed by atoms with E-state index in [1.54, 1.807) is 12.3 Å². The number of halogens is 4. The summed E-state index contributed by atoms with van der Waals surface area (Å²) in [5, 5.41) is 10.8. The van der Waals surface area contributed by atoms with Crippen molar-refractivity contribution >= 4 is 53.2 Å². The maximum atomic E-state index is 6.19. The van der Waals surface area contributed by atoms with E-state index in [1.165, 1.54) is 5.56 Å². The van der Waals surface area contributed by atoms with E-state index in [1.807, 2.05) is 12.1 Å². The number of benzene rings is 1. The predicted octanol–water partition coefficient (Wildman–Crippen LogP) is 5.72. The second kappa shape index (κ2) is 9.26. The Morgan fingerprint density at radius 1 is 1.00 bits per heavy atom. The molecule has 2 fully saturated rings. The third-order valence-electron chi connectivity index (χ3n) is 6.20. The number of hydrogen-bond donors (Lipinski definition) is 0. The van der Waals surface area contributed by atoms with Gasteiger partial charge in [0.1, 0.15) is 17.0 Å². The normalized spacial score (nSPS) is 17.7. The maximum Gasteiger partial charge on any atom is 0.232 e. The van der Waals surface area contributed by atoms with Crippen molar-refractivity contribution in [1.82, 2.24) is 19.7 Å². The predicted molar refractivity (Wildman–Crippen MR) is 130 cm³/mol. The maximum absolute atomic E-state index is 6.19. The van der Waals surface area contributed by atoms with Gasteiger partial charge in [0, 0.05) is 44.2 Å². The van der Waals surface area contributed by atoms with Gasteiger partial charge in [0.2, 0.25) is 11.8 Å². The van der Waals surface area contributed by atoms with Crippen LogP contribution < -0.4 is 9.64 Å². The molecule has 0 spiro atoms. The molecule has 6 nitrogen and oxygen atoms in total. The topological polar surface area (TPSA) is 56.1 Å². The van der Waals surface area contributed by atoms with Crippen LogP contribution in [0.2, 0.25) is 15.1 Å². The first kappa shape index (κ1) is 23.4. The first-order valence-electron chi connectivity index (χ1n) is 10.3. The molecule has 2 aliphatic rings. The highest BCUT2D eigenvalue weighted by Gasteiger charge is 2.50. The lowest BCUT2D eigenvalue weighted by Crippen LogP contribution is -2.39. The molecule has 2 aromatic heterocycles. The molecular formula is C22H23Cl4N5O. The summed E-state index contributed by atoms with van der Waals surface area (Å²) in [5.74, 6) is 2.35. The van der Waals surface area contributed by atoms with Crippen molar-refractivity contribution in [3.05, 3.63) is 63.0 Å². The molecule has 10 heteroatoms. The summed E-state index contributed by atoms with van der Waals surface area (Å²) in [7, 11) is 2.06. The lowest BCUT2D eigenvalue weighted by molar-refractivity contribution is 0.163. The highest BCUT2D eigenvalue weighted by molar-refractivity contribution is 6.35. The molecule has 1 aliphatic heterocycles. The summed E-state index contributed by atoms with van der Waals surface area (Å²) in [5.41, 5.74) is 1.20. The van der Waals surface area contributed by atoms with Crippen molar-refractivity contribution in [2.24, 2.45) is 7.05 Å². The minimum absolute atomic E-state index is 0. The van der Waals surface area contributed by atoms with Gasteiger partial charge in [-0.15, -0.1) is 22.6 Å². The zero-order valence-electron chi connectivity index (χ0n) is 17.5. The van der Waals surface area contributed by atoms with Crippen LogP contribution in [0.25, 0.3) is 0 Å². The Hall–Kier alpha value is -1.73. The van der Waals surface area contributed by atoms with Crippen LogP contribution in [0.15, 0.2) is 36.5 Å². The van der Waals surface area contributed by atoms with Gasteiger partial charge in [0.25, 0.3) is 0 Å². The van der Waals surface area contributed by atoms with Crippen LogP contribution in [-0.4, -0.2) is 38.9 Å². The number of piperidine rings is 1. The van der Waals surface area contributed by atoms with E-state index in [9.17, 15) is 0 Å². The third kappa shape index (κ3) is 4.38. The summed E-state index contributed by atoms with van der Waals surface area (Å²) in [6.07, 6.45) is 5.46. The molecule has 3 heterocycles. The molecule has 1 saturated carbocycles. The molecule has 0 unspecified atom stereocenters. The second-order valence-corrected chi connectivity index (χ2v) is 9.50. The summed E-state index contributed by atoms with van der Waals surface area (Å²) in [4.78, 5) is 6.47. The monoisotopic (exact) mass is 513 g/mol.